The van der Waals surface area contributed by atoms with E-state index < -0.39 is 0 Å². The van der Waals surface area contributed by atoms with Crippen molar-refractivity contribution in [1.29, 1.82) is 0 Å². The van der Waals surface area contributed by atoms with Crippen molar-refractivity contribution in [3.63, 3.8) is 0 Å². The number of tetrazole rings is 1. The lowest BCUT2D eigenvalue weighted by molar-refractivity contribution is 0.546. The lowest BCUT2D eigenvalue weighted by Crippen LogP contribution is -1.98. The molecule has 1 fully saturated rings. The minimum Gasteiger partial charge on any atom is -0.238 e. The molecule has 152 valence electrons. The monoisotopic (exact) mass is 434 g/mol. The van der Waals surface area contributed by atoms with Crippen LogP contribution in [-0.2, 0) is 12.8 Å². The van der Waals surface area contributed by atoms with Gasteiger partial charge in [-0.1, -0.05) is 73.7 Å². The van der Waals surface area contributed by atoms with Crippen molar-refractivity contribution >= 4 is 22.9 Å². The van der Waals surface area contributed by atoms with E-state index in [0.29, 0.717) is 5.82 Å². The van der Waals surface area contributed by atoms with Gasteiger partial charge in [0.15, 0.2) is 5.82 Å². The first-order valence-electron chi connectivity index (χ1n) is 10.4. The second-order valence-electron chi connectivity index (χ2n) is 8.06. The maximum absolute atomic E-state index is 6.08. The zero-order valence-corrected chi connectivity index (χ0v) is 18.2. The average molecular weight is 435 g/mol. The van der Waals surface area contributed by atoms with Crippen LogP contribution in [0.3, 0.4) is 0 Å². The van der Waals surface area contributed by atoms with Crippen LogP contribution < -0.4 is 0 Å². The number of hydrogen-bond donors (Lipinski definition) is 1. The summed E-state index contributed by atoms with van der Waals surface area (Å²) in [4.78, 5) is 2.36. The Morgan fingerprint density at radius 1 is 1.00 bits per heavy atom. The first kappa shape index (κ1) is 19.5. The molecule has 0 saturated heterocycles. The highest BCUT2D eigenvalue weighted by Gasteiger charge is 2.18. The minimum atomic E-state index is 0.714. The maximum Gasteiger partial charge on any atom is 0.189 e. The number of thiophene rings is 1. The van der Waals surface area contributed by atoms with E-state index in [-0.39, 0.29) is 0 Å². The Balaban J connectivity index is 1.50. The maximum atomic E-state index is 6.08. The van der Waals surface area contributed by atoms with E-state index in [2.05, 4.69) is 63.1 Å². The molecule has 0 aliphatic heterocycles. The van der Waals surface area contributed by atoms with Gasteiger partial charge >= 0.3 is 0 Å². The number of benzene rings is 2. The van der Waals surface area contributed by atoms with Gasteiger partial charge in [0, 0.05) is 16.3 Å². The Kier molecular flexibility index (Phi) is 5.65. The van der Waals surface area contributed by atoms with Crippen LogP contribution >= 0.6 is 22.9 Å². The Labute approximate surface area is 185 Å². The van der Waals surface area contributed by atoms with Crippen LogP contribution in [0.5, 0.6) is 0 Å². The largest absolute Gasteiger partial charge is 0.238 e. The van der Waals surface area contributed by atoms with Gasteiger partial charge in [-0.3, -0.25) is 0 Å². The van der Waals surface area contributed by atoms with E-state index in [4.69, 9.17) is 11.6 Å². The summed E-state index contributed by atoms with van der Waals surface area (Å²) in [5.74, 6) is 1.55. The predicted octanol–water partition coefficient (Wildman–Crippen LogP) is 6.57. The highest BCUT2D eigenvalue weighted by molar-refractivity contribution is 7.16. The van der Waals surface area contributed by atoms with Crippen molar-refractivity contribution in [3.8, 4) is 21.8 Å². The highest BCUT2D eigenvalue weighted by Crippen LogP contribution is 2.38. The number of aromatic nitrogens is 4. The van der Waals surface area contributed by atoms with E-state index in [9.17, 15) is 0 Å². The molecular weight excluding hydrogens is 412 g/mol. The first-order chi connectivity index (χ1) is 14.7. The van der Waals surface area contributed by atoms with Crippen LogP contribution in [0.2, 0.25) is 5.02 Å². The van der Waals surface area contributed by atoms with Crippen LogP contribution in [0.15, 0.2) is 54.6 Å². The van der Waals surface area contributed by atoms with E-state index in [1.807, 2.05) is 12.1 Å². The standard InChI is InChI=1S/C24H23ClN4S/c25-20-10-8-17(9-11-20)14-22-21(15-23(30-22)24-26-28-29-27-24)19-7-3-6-18(13-19)12-16-4-1-2-5-16/h3,6-11,13,15-16H,1-2,4-5,12,14H2,(H,26,27,28,29). The van der Waals surface area contributed by atoms with Gasteiger partial charge in [0.25, 0.3) is 0 Å². The average Bonchev–Trinajstić information content (AvgIpc) is 3.52. The summed E-state index contributed by atoms with van der Waals surface area (Å²) in [7, 11) is 0. The SMILES string of the molecule is Clc1ccc(Cc2sc(-c3nnn[nH]3)cc2-c2cccc(CC3CCCC3)c2)cc1. The smallest absolute Gasteiger partial charge is 0.189 e. The number of H-pyrrole nitrogens is 1. The zero-order valence-electron chi connectivity index (χ0n) is 16.6. The normalized spacial score (nSPS) is 14.4. The van der Waals surface area contributed by atoms with Crippen molar-refractivity contribution in [2.24, 2.45) is 5.92 Å². The number of halogens is 1. The Hall–Kier alpha value is -2.50. The predicted molar refractivity (Wildman–Crippen MR) is 123 cm³/mol. The Morgan fingerprint density at radius 3 is 2.60 bits per heavy atom. The molecule has 1 N–H and O–H groups in total. The highest BCUT2D eigenvalue weighted by atomic mass is 35.5. The van der Waals surface area contributed by atoms with E-state index in [1.165, 1.54) is 59.2 Å². The van der Waals surface area contributed by atoms with Gasteiger partial charge in [-0.15, -0.1) is 16.4 Å². The second kappa shape index (κ2) is 8.70. The topological polar surface area (TPSA) is 54.5 Å². The molecule has 4 aromatic rings. The molecule has 1 aliphatic rings. The van der Waals surface area contributed by atoms with Crippen LogP contribution in [0, 0.1) is 5.92 Å². The van der Waals surface area contributed by atoms with Gasteiger partial charge in [0.05, 0.1) is 4.88 Å². The summed E-state index contributed by atoms with van der Waals surface area (Å²) in [6.07, 6.45) is 7.54. The molecule has 2 heterocycles. The Morgan fingerprint density at radius 2 is 1.83 bits per heavy atom. The lowest BCUT2D eigenvalue weighted by Gasteiger charge is -2.11. The van der Waals surface area contributed by atoms with Gasteiger partial charge in [0.2, 0.25) is 0 Å². The number of nitrogens with zero attached hydrogens (tertiary/aromatic N) is 3. The van der Waals surface area contributed by atoms with Crippen LogP contribution in [-0.4, -0.2) is 20.6 Å². The van der Waals surface area contributed by atoms with E-state index in [0.717, 1.165) is 22.2 Å². The van der Waals surface area contributed by atoms with Crippen molar-refractivity contribution in [2.45, 2.75) is 38.5 Å². The fourth-order valence-electron chi connectivity index (χ4n) is 4.39. The van der Waals surface area contributed by atoms with Crippen molar-refractivity contribution in [1.82, 2.24) is 20.6 Å². The first-order valence-corrected chi connectivity index (χ1v) is 11.6. The summed E-state index contributed by atoms with van der Waals surface area (Å²) in [6.45, 7) is 0. The number of nitrogens with one attached hydrogen (secondary N) is 1. The van der Waals surface area contributed by atoms with Crippen molar-refractivity contribution in [3.05, 3.63) is 75.6 Å². The second-order valence-corrected chi connectivity index (χ2v) is 9.63. The molecule has 1 aliphatic carbocycles. The fraction of sp³-hybridized carbons (Fsp3) is 0.292. The lowest BCUT2D eigenvalue weighted by atomic mass is 9.94. The molecule has 0 atom stereocenters. The summed E-state index contributed by atoms with van der Waals surface area (Å²) in [5, 5.41) is 15.3. The van der Waals surface area contributed by atoms with Gasteiger partial charge in [0.1, 0.15) is 0 Å². The summed E-state index contributed by atoms with van der Waals surface area (Å²) in [5.41, 5.74) is 5.21. The molecule has 0 bridgehead atoms. The third kappa shape index (κ3) is 4.32. The number of aromatic amines is 1. The van der Waals surface area contributed by atoms with Gasteiger partial charge in [-0.2, -0.15) is 0 Å². The molecular formula is C24H23ClN4S. The minimum absolute atomic E-state index is 0.714. The fourth-order valence-corrected chi connectivity index (χ4v) is 5.66. The molecule has 4 nitrogen and oxygen atoms in total. The zero-order chi connectivity index (χ0) is 20.3. The third-order valence-electron chi connectivity index (χ3n) is 5.90. The summed E-state index contributed by atoms with van der Waals surface area (Å²) in [6, 6.07) is 19.4. The molecule has 30 heavy (non-hydrogen) atoms. The molecule has 0 radical (unpaired) electrons. The molecule has 0 spiro atoms. The number of hydrogen-bond acceptors (Lipinski definition) is 4. The molecule has 5 rings (SSSR count). The van der Waals surface area contributed by atoms with E-state index >= 15 is 0 Å². The van der Waals surface area contributed by atoms with Gasteiger partial charge in [-0.25, -0.2) is 5.10 Å². The quantitative estimate of drug-likeness (QED) is 0.373. The van der Waals surface area contributed by atoms with Crippen LogP contribution in [0.4, 0.5) is 0 Å². The van der Waals surface area contributed by atoms with Gasteiger partial charge in [-0.05, 0) is 63.2 Å². The summed E-state index contributed by atoms with van der Waals surface area (Å²) >= 11 is 7.82. The molecule has 6 heteroatoms. The van der Waals surface area contributed by atoms with Crippen LogP contribution in [0.1, 0.15) is 41.7 Å². The molecule has 0 amide bonds. The summed E-state index contributed by atoms with van der Waals surface area (Å²) < 4.78 is 0. The Bertz CT molecular complexity index is 1110. The van der Waals surface area contributed by atoms with Crippen LogP contribution in [0.25, 0.3) is 21.8 Å². The van der Waals surface area contributed by atoms with Crippen molar-refractivity contribution < 1.29 is 0 Å². The van der Waals surface area contributed by atoms with Gasteiger partial charge < -0.3 is 0 Å². The number of rotatable bonds is 6. The molecule has 2 aromatic carbocycles. The molecule has 0 unspecified atom stereocenters. The molecule has 1 saturated carbocycles. The van der Waals surface area contributed by atoms with E-state index in [1.54, 1.807) is 11.3 Å². The molecule has 2 aromatic heterocycles. The van der Waals surface area contributed by atoms with Crippen molar-refractivity contribution in [2.75, 3.05) is 0 Å². The third-order valence-corrected chi connectivity index (χ3v) is 7.30.